The third-order valence-corrected chi connectivity index (χ3v) is 4.99. The van der Waals surface area contributed by atoms with Gasteiger partial charge in [0.05, 0.1) is 5.92 Å². The van der Waals surface area contributed by atoms with Gasteiger partial charge in [-0.1, -0.05) is 13.8 Å². The first-order valence-electron chi connectivity index (χ1n) is 7.62. The molecule has 1 aliphatic carbocycles. The van der Waals surface area contributed by atoms with Crippen molar-refractivity contribution in [3.8, 4) is 0 Å². The van der Waals surface area contributed by atoms with Gasteiger partial charge >= 0.3 is 0 Å². The summed E-state index contributed by atoms with van der Waals surface area (Å²) < 4.78 is 0. The molecule has 3 nitrogen and oxygen atoms in total. The van der Waals surface area contributed by atoms with Crippen LogP contribution in [0, 0.1) is 11.8 Å². The predicted octanol–water partition coefficient (Wildman–Crippen LogP) is 2.54. The molecule has 1 aliphatic heterocycles. The van der Waals surface area contributed by atoms with Crippen molar-refractivity contribution in [1.82, 2.24) is 4.90 Å². The monoisotopic (exact) mass is 252 g/mol. The van der Waals surface area contributed by atoms with Crippen LogP contribution >= 0.6 is 0 Å². The number of amides is 1. The van der Waals surface area contributed by atoms with Crippen molar-refractivity contribution in [2.24, 2.45) is 17.6 Å². The molecule has 5 unspecified atom stereocenters. The van der Waals surface area contributed by atoms with E-state index in [4.69, 9.17) is 5.73 Å². The van der Waals surface area contributed by atoms with Crippen molar-refractivity contribution < 1.29 is 4.79 Å². The number of rotatable bonds is 2. The summed E-state index contributed by atoms with van der Waals surface area (Å²) in [5, 5.41) is 0. The van der Waals surface area contributed by atoms with Gasteiger partial charge in [0.2, 0.25) is 5.91 Å². The SMILES string of the molecule is CCC1CCC(C)N1C(=O)C1CC(C)CCC1N. The molecule has 0 aromatic rings. The second kappa shape index (κ2) is 5.60. The molecule has 2 N–H and O–H groups in total. The number of nitrogens with zero attached hydrogens (tertiary/aromatic N) is 1. The zero-order valence-electron chi connectivity index (χ0n) is 12.1. The van der Waals surface area contributed by atoms with Gasteiger partial charge in [-0.3, -0.25) is 4.79 Å². The van der Waals surface area contributed by atoms with Gasteiger partial charge in [-0.05, 0) is 51.4 Å². The Morgan fingerprint density at radius 1 is 1.22 bits per heavy atom. The van der Waals surface area contributed by atoms with Gasteiger partial charge in [0.15, 0.2) is 0 Å². The lowest BCUT2D eigenvalue weighted by molar-refractivity contribution is -0.140. The smallest absolute Gasteiger partial charge is 0.227 e. The summed E-state index contributed by atoms with van der Waals surface area (Å²) in [5.41, 5.74) is 6.19. The summed E-state index contributed by atoms with van der Waals surface area (Å²) in [6.07, 6.45) is 6.57. The van der Waals surface area contributed by atoms with Gasteiger partial charge in [0, 0.05) is 18.1 Å². The second-order valence-corrected chi connectivity index (χ2v) is 6.42. The van der Waals surface area contributed by atoms with Crippen LogP contribution in [0.5, 0.6) is 0 Å². The molecule has 0 aromatic heterocycles. The highest BCUT2D eigenvalue weighted by Gasteiger charge is 2.40. The maximum atomic E-state index is 12.8. The van der Waals surface area contributed by atoms with Gasteiger partial charge in [-0.2, -0.15) is 0 Å². The normalized spacial score (nSPS) is 41.1. The maximum Gasteiger partial charge on any atom is 0.227 e. The Kier molecular flexibility index (Phi) is 4.31. The molecule has 3 heteroatoms. The van der Waals surface area contributed by atoms with E-state index in [1.807, 2.05) is 0 Å². The topological polar surface area (TPSA) is 46.3 Å². The lowest BCUT2D eigenvalue weighted by Crippen LogP contribution is -2.50. The first kappa shape index (κ1) is 13.9. The van der Waals surface area contributed by atoms with E-state index in [0.29, 0.717) is 23.9 Å². The van der Waals surface area contributed by atoms with Gasteiger partial charge in [0.1, 0.15) is 0 Å². The van der Waals surface area contributed by atoms with Gasteiger partial charge in [-0.25, -0.2) is 0 Å². The Labute approximate surface area is 111 Å². The molecule has 0 spiro atoms. The van der Waals surface area contributed by atoms with Crippen LogP contribution in [-0.2, 0) is 4.79 Å². The predicted molar refractivity (Wildman–Crippen MR) is 74.1 cm³/mol. The Morgan fingerprint density at radius 3 is 2.61 bits per heavy atom. The van der Waals surface area contributed by atoms with Crippen LogP contribution in [0.1, 0.15) is 59.3 Å². The third-order valence-electron chi connectivity index (χ3n) is 4.99. The van der Waals surface area contributed by atoms with E-state index in [-0.39, 0.29) is 12.0 Å². The molecule has 104 valence electrons. The lowest BCUT2D eigenvalue weighted by Gasteiger charge is -2.37. The molecular weight excluding hydrogens is 224 g/mol. The maximum absolute atomic E-state index is 12.8. The van der Waals surface area contributed by atoms with Crippen molar-refractivity contribution in [2.75, 3.05) is 0 Å². The van der Waals surface area contributed by atoms with Crippen molar-refractivity contribution >= 4 is 5.91 Å². The highest BCUT2D eigenvalue weighted by molar-refractivity contribution is 5.80. The number of hydrogen-bond donors (Lipinski definition) is 1. The average Bonchev–Trinajstić information content (AvgIpc) is 2.72. The Morgan fingerprint density at radius 2 is 1.94 bits per heavy atom. The van der Waals surface area contributed by atoms with E-state index in [0.717, 1.165) is 25.7 Å². The molecule has 1 saturated heterocycles. The highest BCUT2D eigenvalue weighted by Crippen LogP contribution is 2.34. The summed E-state index contributed by atoms with van der Waals surface area (Å²) in [6.45, 7) is 6.62. The van der Waals surface area contributed by atoms with Crippen molar-refractivity contribution in [2.45, 2.75) is 77.4 Å². The number of nitrogens with two attached hydrogens (primary N) is 1. The molecule has 0 bridgehead atoms. The van der Waals surface area contributed by atoms with Crippen molar-refractivity contribution in [3.63, 3.8) is 0 Å². The van der Waals surface area contributed by atoms with Crippen LogP contribution in [0.2, 0.25) is 0 Å². The molecule has 2 fully saturated rings. The summed E-state index contributed by atoms with van der Waals surface area (Å²) in [4.78, 5) is 14.9. The fourth-order valence-electron chi connectivity index (χ4n) is 3.75. The number of likely N-dealkylation sites (tertiary alicyclic amines) is 1. The highest BCUT2D eigenvalue weighted by atomic mass is 16.2. The van der Waals surface area contributed by atoms with Crippen LogP contribution in [0.4, 0.5) is 0 Å². The Bertz CT molecular complexity index is 305. The summed E-state index contributed by atoms with van der Waals surface area (Å²) in [7, 11) is 0. The van der Waals surface area contributed by atoms with Crippen molar-refractivity contribution in [3.05, 3.63) is 0 Å². The number of hydrogen-bond acceptors (Lipinski definition) is 2. The largest absolute Gasteiger partial charge is 0.337 e. The van der Waals surface area contributed by atoms with Gasteiger partial charge < -0.3 is 10.6 Å². The van der Waals surface area contributed by atoms with E-state index in [2.05, 4.69) is 25.7 Å². The minimum Gasteiger partial charge on any atom is -0.337 e. The zero-order chi connectivity index (χ0) is 13.3. The van der Waals surface area contributed by atoms with E-state index >= 15 is 0 Å². The summed E-state index contributed by atoms with van der Waals surface area (Å²) in [5.74, 6) is 1.06. The first-order valence-corrected chi connectivity index (χ1v) is 7.62. The average molecular weight is 252 g/mol. The minimum atomic E-state index is 0.0725. The fraction of sp³-hybridized carbons (Fsp3) is 0.933. The van der Waals surface area contributed by atoms with E-state index in [1.54, 1.807) is 0 Å². The van der Waals surface area contributed by atoms with Crippen LogP contribution < -0.4 is 5.73 Å². The third kappa shape index (κ3) is 2.56. The minimum absolute atomic E-state index is 0.0725. The molecule has 18 heavy (non-hydrogen) atoms. The Hall–Kier alpha value is -0.570. The van der Waals surface area contributed by atoms with Crippen LogP contribution in [0.3, 0.4) is 0 Å². The molecule has 0 aromatic carbocycles. The summed E-state index contributed by atoms with van der Waals surface area (Å²) in [6, 6.07) is 0.947. The van der Waals surface area contributed by atoms with Crippen LogP contribution in [0.25, 0.3) is 0 Å². The molecular formula is C15H28N2O. The fourth-order valence-corrected chi connectivity index (χ4v) is 3.75. The van der Waals surface area contributed by atoms with Gasteiger partial charge in [-0.15, -0.1) is 0 Å². The Balaban J connectivity index is 2.09. The molecule has 0 radical (unpaired) electrons. The van der Waals surface area contributed by atoms with Crippen molar-refractivity contribution in [1.29, 1.82) is 0 Å². The van der Waals surface area contributed by atoms with Gasteiger partial charge in [0.25, 0.3) is 0 Å². The quantitative estimate of drug-likeness (QED) is 0.821. The molecule has 1 amide bonds. The van der Waals surface area contributed by atoms with Crippen LogP contribution in [0.15, 0.2) is 0 Å². The van der Waals surface area contributed by atoms with E-state index in [1.165, 1.54) is 12.8 Å². The number of carbonyl (C=O) groups is 1. The lowest BCUT2D eigenvalue weighted by atomic mass is 9.78. The molecule has 2 aliphatic rings. The van der Waals surface area contributed by atoms with E-state index < -0.39 is 0 Å². The summed E-state index contributed by atoms with van der Waals surface area (Å²) >= 11 is 0. The molecule has 1 heterocycles. The molecule has 5 atom stereocenters. The molecule has 2 rings (SSSR count). The zero-order valence-corrected chi connectivity index (χ0v) is 12.1. The van der Waals surface area contributed by atoms with Crippen LogP contribution in [-0.4, -0.2) is 28.9 Å². The van der Waals surface area contributed by atoms with E-state index in [9.17, 15) is 4.79 Å². The number of carbonyl (C=O) groups excluding carboxylic acids is 1. The second-order valence-electron chi connectivity index (χ2n) is 6.42. The first-order chi connectivity index (χ1) is 8.54. The standard InChI is InChI=1S/C15H28N2O/c1-4-12-7-6-11(3)17(12)15(18)13-9-10(2)5-8-14(13)16/h10-14H,4-9,16H2,1-3H3. The molecule has 1 saturated carbocycles.